The summed E-state index contributed by atoms with van der Waals surface area (Å²) in [5, 5.41) is 2.58. The minimum absolute atomic E-state index is 0.131. The van der Waals surface area contributed by atoms with Gasteiger partial charge in [0, 0.05) is 19.5 Å². The molecule has 0 radical (unpaired) electrons. The molecule has 1 aromatic carbocycles. The van der Waals surface area contributed by atoms with Gasteiger partial charge in [-0.25, -0.2) is 9.18 Å². The number of ether oxygens (including phenoxy) is 1. The van der Waals surface area contributed by atoms with Crippen molar-refractivity contribution in [3.05, 3.63) is 35.6 Å². The second kappa shape index (κ2) is 9.08. The third kappa shape index (κ3) is 7.28. The predicted molar refractivity (Wildman–Crippen MR) is 104 cm³/mol. The molecule has 0 bridgehead atoms. The third-order valence-electron chi connectivity index (χ3n) is 4.22. The Labute approximate surface area is 170 Å². The second-order valence-corrected chi connectivity index (χ2v) is 9.50. The number of halogens is 1. The fourth-order valence-corrected chi connectivity index (χ4v) is 3.75. The number of carbonyl (C=O) groups excluding carboxylic acids is 2. The van der Waals surface area contributed by atoms with E-state index in [-0.39, 0.29) is 25.4 Å². The van der Waals surface area contributed by atoms with Crippen molar-refractivity contribution >= 4 is 22.1 Å². The highest BCUT2D eigenvalue weighted by atomic mass is 32.2. The van der Waals surface area contributed by atoms with Crippen LogP contribution in [0, 0.1) is 5.82 Å². The van der Waals surface area contributed by atoms with E-state index in [1.165, 1.54) is 29.2 Å². The Hall–Kier alpha value is -2.20. The van der Waals surface area contributed by atoms with E-state index in [0.717, 1.165) is 6.26 Å². The van der Waals surface area contributed by atoms with Crippen molar-refractivity contribution in [2.45, 2.75) is 51.4 Å². The van der Waals surface area contributed by atoms with Gasteiger partial charge in [0.25, 0.3) is 10.1 Å². The zero-order chi connectivity index (χ0) is 21.8. The molecule has 1 saturated heterocycles. The summed E-state index contributed by atoms with van der Waals surface area (Å²) in [5.74, 6) is -0.641. The van der Waals surface area contributed by atoms with Crippen molar-refractivity contribution < 1.29 is 31.3 Å². The molecule has 1 N–H and O–H groups in total. The fraction of sp³-hybridized carbons (Fsp3) is 0.579. The Bertz CT molecular complexity index is 835. The van der Waals surface area contributed by atoms with Crippen LogP contribution in [0.15, 0.2) is 24.3 Å². The monoisotopic (exact) mass is 430 g/mol. The van der Waals surface area contributed by atoms with Crippen molar-refractivity contribution in [2.24, 2.45) is 0 Å². The lowest BCUT2D eigenvalue weighted by atomic mass is 10.0. The Morgan fingerprint density at radius 2 is 1.93 bits per heavy atom. The number of benzene rings is 1. The van der Waals surface area contributed by atoms with E-state index in [1.54, 1.807) is 20.8 Å². The zero-order valence-electron chi connectivity index (χ0n) is 17.0. The molecule has 1 aliphatic rings. The largest absolute Gasteiger partial charge is 0.444 e. The summed E-state index contributed by atoms with van der Waals surface area (Å²) in [6.45, 7) is 5.51. The smallest absolute Gasteiger partial charge is 0.407 e. The topological polar surface area (TPSA) is 102 Å². The van der Waals surface area contributed by atoms with Gasteiger partial charge in [-0.15, -0.1) is 0 Å². The Morgan fingerprint density at radius 3 is 2.48 bits per heavy atom. The molecule has 1 fully saturated rings. The molecule has 0 aliphatic carbocycles. The van der Waals surface area contributed by atoms with Crippen molar-refractivity contribution in [3.8, 4) is 0 Å². The summed E-state index contributed by atoms with van der Waals surface area (Å²) in [7, 11) is -3.84. The summed E-state index contributed by atoms with van der Waals surface area (Å²) in [6.07, 6.45) is -0.0545. The van der Waals surface area contributed by atoms with Crippen molar-refractivity contribution in [1.82, 2.24) is 10.2 Å². The maximum atomic E-state index is 13.3. The Kier molecular flexibility index (Phi) is 7.23. The van der Waals surface area contributed by atoms with Crippen LogP contribution in [0.2, 0.25) is 0 Å². The van der Waals surface area contributed by atoms with Gasteiger partial charge in [-0.3, -0.25) is 8.98 Å². The van der Waals surface area contributed by atoms with Crippen molar-refractivity contribution in [3.63, 3.8) is 0 Å². The number of alkyl carbamates (subject to hydrolysis) is 1. The van der Waals surface area contributed by atoms with E-state index in [0.29, 0.717) is 12.0 Å². The molecular formula is C19H27FN2O6S. The van der Waals surface area contributed by atoms with Crippen LogP contribution in [0.4, 0.5) is 9.18 Å². The Balaban J connectivity index is 2.13. The standard InChI is InChI=1S/C19H27FN2O6S/c1-19(2,3)27-18(24)21-11-12-22-15(9-10-16(22)23)17(28-29(4,25)26)13-5-7-14(20)8-6-13/h5-8,15,17H,9-12H2,1-4H3,(H,21,24). The first-order chi connectivity index (χ1) is 13.4. The first kappa shape index (κ1) is 23.1. The maximum absolute atomic E-state index is 13.3. The molecule has 2 amide bonds. The van der Waals surface area contributed by atoms with E-state index >= 15 is 0 Å². The summed E-state index contributed by atoms with van der Waals surface area (Å²) in [5.41, 5.74) is -0.200. The van der Waals surface area contributed by atoms with Crippen LogP contribution in [0.1, 0.15) is 45.3 Å². The van der Waals surface area contributed by atoms with E-state index in [4.69, 9.17) is 8.92 Å². The highest BCUT2D eigenvalue weighted by Crippen LogP contribution is 2.34. The lowest BCUT2D eigenvalue weighted by Gasteiger charge is -2.31. The quantitative estimate of drug-likeness (QED) is 0.667. The number of hydrogen-bond donors (Lipinski definition) is 1. The van der Waals surface area contributed by atoms with E-state index in [1.807, 2.05) is 0 Å². The summed E-state index contributed by atoms with van der Waals surface area (Å²) >= 11 is 0. The van der Waals surface area contributed by atoms with Crippen molar-refractivity contribution in [2.75, 3.05) is 19.3 Å². The highest BCUT2D eigenvalue weighted by molar-refractivity contribution is 7.86. The molecule has 1 aliphatic heterocycles. The average Bonchev–Trinajstić information content (AvgIpc) is 2.92. The van der Waals surface area contributed by atoms with E-state index in [2.05, 4.69) is 5.32 Å². The van der Waals surface area contributed by atoms with Crippen LogP contribution in [0.3, 0.4) is 0 Å². The molecule has 1 heterocycles. The van der Waals surface area contributed by atoms with Gasteiger partial charge in [0.1, 0.15) is 17.5 Å². The van der Waals surface area contributed by atoms with Crippen molar-refractivity contribution in [1.29, 1.82) is 0 Å². The molecule has 8 nitrogen and oxygen atoms in total. The van der Waals surface area contributed by atoms with Gasteiger partial charge in [0.15, 0.2) is 0 Å². The molecule has 1 aromatic rings. The summed E-state index contributed by atoms with van der Waals surface area (Å²) < 4.78 is 47.3. The van der Waals surface area contributed by atoms with Crippen LogP contribution in [0.25, 0.3) is 0 Å². The van der Waals surface area contributed by atoms with Crippen LogP contribution in [-0.2, 0) is 23.8 Å². The number of carbonyl (C=O) groups is 2. The van der Waals surface area contributed by atoms with Gasteiger partial charge >= 0.3 is 6.09 Å². The normalized spacial score (nSPS) is 18.6. The lowest BCUT2D eigenvalue weighted by molar-refractivity contribution is -0.130. The SMILES string of the molecule is CC(C)(C)OC(=O)NCCN1C(=O)CCC1C(OS(C)(=O)=O)c1ccc(F)cc1. The van der Waals surface area contributed by atoms with Crippen LogP contribution in [0.5, 0.6) is 0 Å². The van der Waals surface area contributed by atoms with Crippen LogP contribution >= 0.6 is 0 Å². The molecule has 0 aromatic heterocycles. The summed E-state index contributed by atoms with van der Waals surface area (Å²) in [6, 6.07) is 4.72. The molecule has 2 rings (SSSR count). The molecule has 162 valence electrons. The Morgan fingerprint density at radius 1 is 1.31 bits per heavy atom. The van der Waals surface area contributed by atoms with Gasteiger partial charge in [-0.2, -0.15) is 8.42 Å². The summed E-state index contributed by atoms with van der Waals surface area (Å²) in [4.78, 5) is 25.6. The van der Waals surface area contributed by atoms with Gasteiger partial charge in [-0.05, 0) is 44.9 Å². The number of likely N-dealkylation sites (tertiary alicyclic amines) is 1. The number of nitrogens with one attached hydrogen (secondary N) is 1. The van der Waals surface area contributed by atoms with E-state index < -0.39 is 39.8 Å². The van der Waals surface area contributed by atoms with Gasteiger partial charge in [0.05, 0.1) is 12.3 Å². The fourth-order valence-electron chi connectivity index (χ4n) is 3.14. The van der Waals surface area contributed by atoms with Crippen LogP contribution in [-0.4, -0.2) is 56.3 Å². The first-order valence-electron chi connectivity index (χ1n) is 9.26. The average molecular weight is 430 g/mol. The molecule has 0 spiro atoms. The molecule has 2 unspecified atom stereocenters. The van der Waals surface area contributed by atoms with E-state index in [9.17, 15) is 22.4 Å². The minimum atomic E-state index is -3.84. The number of hydrogen-bond acceptors (Lipinski definition) is 6. The molecule has 29 heavy (non-hydrogen) atoms. The molecule has 10 heteroatoms. The van der Waals surface area contributed by atoms with Gasteiger partial charge in [0.2, 0.25) is 5.91 Å². The second-order valence-electron chi connectivity index (χ2n) is 7.89. The number of rotatable bonds is 7. The predicted octanol–water partition coefficient (Wildman–Crippen LogP) is 2.36. The van der Waals surface area contributed by atoms with Crippen LogP contribution < -0.4 is 5.32 Å². The van der Waals surface area contributed by atoms with Gasteiger partial charge < -0.3 is 15.0 Å². The lowest BCUT2D eigenvalue weighted by Crippen LogP contribution is -2.44. The zero-order valence-corrected chi connectivity index (χ0v) is 17.8. The minimum Gasteiger partial charge on any atom is -0.444 e. The molecule has 0 saturated carbocycles. The highest BCUT2D eigenvalue weighted by Gasteiger charge is 2.39. The number of amides is 2. The first-order valence-corrected chi connectivity index (χ1v) is 11.1. The van der Waals surface area contributed by atoms with Gasteiger partial charge in [-0.1, -0.05) is 12.1 Å². The molecule has 2 atom stereocenters. The molecular weight excluding hydrogens is 403 g/mol. The number of nitrogens with zero attached hydrogens (tertiary/aromatic N) is 1. The third-order valence-corrected chi connectivity index (χ3v) is 4.78. The maximum Gasteiger partial charge on any atom is 0.407 e.